The van der Waals surface area contributed by atoms with Gasteiger partial charge in [0.25, 0.3) is 0 Å². The van der Waals surface area contributed by atoms with Crippen LogP contribution in [0, 0.1) is 0 Å². The molecule has 0 amide bonds. The number of benzene rings is 1. The van der Waals surface area contributed by atoms with Crippen molar-refractivity contribution in [1.29, 1.82) is 0 Å². The van der Waals surface area contributed by atoms with Crippen molar-refractivity contribution in [1.82, 2.24) is 24.5 Å². The van der Waals surface area contributed by atoms with Crippen LogP contribution in [-0.4, -0.2) is 57.3 Å². The van der Waals surface area contributed by atoms with Crippen LogP contribution in [0.15, 0.2) is 35.2 Å². The number of likely N-dealkylation sites (tertiary alicyclic amines) is 1. The normalized spacial score (nSPS) is 18.0. The van der Waals surface area contributed by atoms with Crippen molar-refractivity contribution < 1.29 is 13.5 Å². The molecule has 0 bridgehead atoms. The van der Waals surface area contributed by atoms with Crippen molar-refractivity contribution >= 4 is 27.4 Å². The second-order valence-electron chi connectivity index (χ2n) is 6.79. The summed E-state index contributed by atoms with van der Waals surface area (Å²) in [5.74, 6) is 0.598. The Balaban J connectivity index is 1.72. The average molecular weight is 453 g/mol. The lowest BCUT2D eigenvalue weighted by Crippen LogP contribution is -2.40. The van der Waals surface area contributed by atoms with Crippen LogP contribution in [0.2, 0.25) is 0 Å². The van der Waals surface area contributed by atoms with E-state index in [0.29, 0.717) is 27.2 Å². The molecule has 1 aromatic carbocycles. The molecule has 3 aromatic rings. The summed E-state index contributed by atoms with van der Waals surface area (Å²) in [5, 5.41) is 12.0. The third-order valence-corrected chi connectivity index (χ3v) is 5.22. The van der Waals surface area contributed by atoms with Crippen molar-refractivity contribution in [3.63, 3.8) is 0 Å². The van der Waals surface area contributed by atoms with Crippen LogP contribution < -0.4 is 10.1 Å². The Kier molecular flexibility index (Phi) is 5.40. The van der Waals surface area contributed by atoms with Crippen molar-refractivity contribution in [2.24, 2.45) is 0 Å². The first-order valence-electron chi connectivity index (χ1n) is 8.90. The van der Waals surface area contributed by atoms with Crippen molar-refractivity contribution in [3.05, 3.63) is 35.2 Å². The van der Waals surface area contributed by atoms with Crippen LogP contribution in [0.1, 0.15) is 12.8 Å². The van der Waals surface area contributed by atoms with E-state index >= 15 is 0 Å². The van der Waals surface area contributed by atoms with E-state index in [0.717, 1.165) is 25.9 Å². The molecule has 1 aliphatic heterocycles. The fourth-order valence-corrected chi connectivity index (χ4v) is 3.82. The number of ether oxygens (including phenoxy) is 1. The van der Waals surface area contributed by atoms with Crippen LogP contribution in [0.3, 0.4) is 0 Å². The fourth-order valence-electron chi connectivity index (χ4n) is 3.48. The Morgan fingerprint density at radius 1 is 1.32 bits per heavy atom. The summed E-state index contributed by atoms with van der Waals surface area (Å²) in [4.78, 5) is 6.47. The zero-order valence-electron chi connectivity index (χ0n) is 15.1. The van der Waals surface area contributed by atoms with Crippen LogP contribution in [0.4, 0.5) is 14.7 Å². The number of hydrogen-bond acceptors (Lipinski definition) is 6. The van der Waals surface area contributed by atoms with E-state index in [1.165, 1.54) is 6.07 Å². The summed E-state index contributed by atoms with van der Waals surface area (Å²) in [6.07, 6.45) is 5.42. The molecule has 10 heteroatoms. The molecule has 1 atom stereocenters. The van der Waals surface area contributed by atoms with Gasteiger partial charge in [0, 0.05) is 22.6 Å². The Hall–Kier alpha value is -2.33. The van der Waals surface area contributed by atoms with E-state index in [2.05, 4.69) is 53.1 Å². The molecule has 28 heavy (non-hydrogen) atoms. The lowest BCUT2D eigenvalue weighted by atomic mass is 10.1. The highest BCUT2D eigenvalue weighted by Crippen LogP contribution is 2.35. The first-order valence-corrected chi connectivity index (χ1v) is 9.69. The Morgan fingerprint density at radius 2 is 2.18 bits per heavy atom. The minimum Gasteiger partial charge on any atom is -0.434 e. The van der Waals surface area contributed by atoms with Gasteiger partial charge in [0.2, 0.25) is 5.95 Å². The van der Waals surface area contributed by atoms with Gasteiger partial charge in [-0.1, -0.05) is 15.9 Å². The quantitative estimate of drug-likeness (QED) is 0.636. The van der Waals surface area contributed by atoms with Crippen LogP contribution >= 0.6 is 15.9 Å². The van der Waals surface area contributed by atoms with Gasteiger partial charge in [-0.2, -0.15) is 8.78 Å². The smallest absolute Gasteiger partial charge is 0.387 e. The second kappa shape index (κ2) is 7.96. The number of aromatic nitrogens is 4. The summed E-state index contributed by atoms with van der Waals surface area (Å²) in [5.41, 5.74) is 1.50. The molecule has 1 saturated heterocycles. The molecule has 1 fully saturated rings. The Morgan fingerprint density at radius 3 is 2.96 bits per heavy atom. The monoisotopic (exact) mass is 452 g/mol. The molecule has 0 saturated carbocycles. The van der Waals surface area contributed by atoms with Gasteiger partial charge in [-0.15, -0.1) is 10.2 Å². The molecule has 148 valence electrons. The Bertz CT molecular complexity index is 982. The molecule has 4 rings (SSSR count). The van der Waals surface area contributed by atoms with Gasteiger partial charge in [-0.05, 0) is 44.6 Å². The van der Waals surface area contributed by atoms with E-state index in [9.17, 15) is 8.78 Å². The van der Waals surface area contributed by atoms with Crippen molar-refractivity contribution in [2.45, 2.75) is 25.5 Å². The van der Waals surface area contributed by atoms with Crippen molar-refractivity contribution in [3.8, 4) is 17.0 Å². The summed E-state index contributed by atoms with van der Waals surface area (Å²) in [7, 11) is 2.09. The molecule has 0 aliphatic carbocycles. The topological polar surface area (TPSA) is 67.6 Å². The number of imidazole rings is 1. The minimum absolute atomic E-state index is 0.0244. The predicted octanol–water partition coefficient (Wildman–Crippen LogP) is 3.66. The van der Waals surface area contributed by atoms with Crippen LogP contribution in [0.5, 0.6) is 5.75 Å². The van der Waals surface area contributed by atoms with Crippen molar-refractivity contribution in [2.75, 3.05) is 25.5 Å². The molecule has 3 heterocycles. The zero-order chi connectivity index (χ0) is 19.7. The third kappa shape index (κ3) is 3.93. The maximum atomic E-state index is 12.9. The molecule has 2 aromatic heterocycles. The number of likely N-dealkylation sites (N-methyl/N-ethyl adjacent to an activating group) is 1. The van der Waals surface area contributed by atoms with Gasteiger partial charge in [-0.25, -0.2) is 4.98 Å². The fraction of sp³-hybridized carbons (Fsp3) is 0.389. The predicted molar refractivity (Wildman–Crippen MR) is 105 cm³/mol. The number of halogens is 3. The van der Waals surface area contributed by atoms with Gasteiger partial charge in [0.15, 0.2) is 0 Å². The highest BCUT2D eigenvalue weighted by molar-refractivity contribution is 9.10. The maximum absolute atomic E-state index is 12.9. The number of rotatable bonds is 5. The molecule has 0 spiro atoms. The number of piperidine rings is 1. The highest BCUT2D eigenvalue weighted by Gasteiger charge is 2.21. The van der Waals surface area contributed by atoms with E-state index in [4.69, 9.17) is 0 Å². The molecular formula is C18H19BrF2N6O. The first kappa shape index (κ1) is 19.0. The van der Waals surface area contributed by atoms with Gasteiger partial charge in [-0.3, -0.25) is 4.40 Å². The van der Waals surface area contributed by atoms with E-state index in [1.54, 1.807) is 29.1 Å². The summed E-state index contributed by atoms with van der Waals surface area (Å²) < 4.78 is 32.8. The summed E-state index contributed by atoms with van der Waals surface area (Å²) in [6.45, 7) is -0.940. The van der Waals surface area contributed by atoms with Crippen LogP contribution in [0.25, 0.3) is 16.8 Å². The molecule has 0 unspecified atom stereocenters. The SMILES string of the molecule is CN1CCC[C@@H](Nc2nnc(-c3ccc(Br)cc3OC(F)F)c3cncn23)C1. The van der Waals surface area contributed by atoms with Gasteiger partial charge >= 0.3 is 6.61 Å². The van der Waals surface area contributed by atoms with Crippen LogP contribution in [-0.2, 0) is 0 Å². The first-order chi connectivity index (χ1) is 13.5. The molecule has 7 nitrogen and oxygen atoms in total. The van der Waals surface area contributed by atoms with Gasteiger partial charge in [0.05, 0.1) is 11.7 Å². The zero-order valence-corrected chi connectivity index (χ0v) is 16.7. The molecule has 1 N–H and O–H groups in total. The third-order valence-electron chi connectivity index (χ3n) is 4.73. The largest absolute Gasteiger partial charge is 0.434 e. The number of anilines is 1. The summed E-state index contributed by atoms with van der Waals surface area (Å²) in [6, 6.07) is 5.16. The minimum atomic E-state index is -2.94. The number of nitrogens with one attached hydrogen (secondary N) is 1. The summed E-state index contributed by atoms with van der Waals surface area (Å²) >= 11 is 3.28. The number of fused-ring (bicyclic) bond motifs is 1. The number of alkyl halides is 2. The second-order valence-corrected chi connectivity index (χ2v) is 7.70. The van der Waals surface area contributed by atoms with Gasteiger partial charge < -0.3 is 15.0 Å². The average Bonchev–Trinajstić information content (AvgIpc) is 3.13. The Labute approximate surface area is 168 Å². The lowest BCUT2D eigenvalue weighted by Gasteiger charge is -2.30. The highest BCUT2D eigenvalue weighted by atomic mass is 79.9. The molecule has 1 aliphatic rings. The lowest BCUT2D eigenvalue weighted by molar-refractivity contribution is -0.0495. The number of hydrogen-bond donors (Lipinski definition) is 1. The van der Waals surface area contributed by atoms with E-state index in [1.807, 2.05) is 0 Å². The van der Waals surface area contributed by atoms with Gasteiger partial charge in [0.1, 0.15) is 17.8 Å². The number of nitrogens with zero attached hydrogens (tertiary/aromatic N) is 5. The molecule has 0 radical (unpaired) electrons. The van der Waals surface area contributed by atoms with E-state index in [-0.39, 0.29) is 11.8 Å². The molecular weight excluding hydrogens is 434 g/mol. The standard InChI is InChI=1S/C18H19BrF2N6O/c1-26-6-2-3-12(9-26)23-18-25-24-16(14-8-22-10-27(14)18)13-5-4-11(19)7-15(13)28-17(20)21/h4-5,7-8,10,12,17H,2-3,6,9H2,1H3,(H,23,25)/t12-/m1/s1. The van der Waals surface area contributed by atoms with E-state index < -0.39 is 6.61 Å². The maximum Gasteiger partial charge on any atom is 0.387 e.